The smallest absolute Gasteiger partial charge is 0.180 e. The summed E-state index contributed by atoms with van der Waals surface area (Å²) in [6.45, 7) is 3.88. The minimum atomic E-state index is 0. The monoisotopic (exact) mass is 275 g/mol. The van der Waals surface area contributed by atoms with Gasteiger partial charge in [-0.2, -0.15) is 0 Å². The number of nitrogens with zero attached hydrogens (tertiary/aromatic N) is 1. The molecule has 0 radical (unpaired) electrons. The highest BCUT2D eigenvalue weighted by Gasteiger charge is 1.99. The zero-order valence-corrected chi connectivity index (χ0v) is 11.3. The molecule has 0 unspecified atom stereocenters. The SMILES string of the molecule is Cc1ccc(CNCc2cnc(N)s2)s1.Cl. The molecule has 2 aromatic heterocycles. The van der Waals surface area contributed by atoms with Crippen molar-refractivity contribution in [2.45, 2.75) is 20.0 Å². The van der Waals surface area contributed by atoms with Gasteiger partial charge in [0, 0.05) is 33.9 Å². The largest absolute Gasteiger partial charge is 0.375 e. The lowest BCUT2D eigenvalue weighted by atomic mass is 10.4. The fourth-order valence-corrected chi connectivity index (χ4v) is 2.81. The van der Waals surface area contributed by atoms with Crippen molar-refractivity contribution >= 4 is 40.2 Å². The number of aryl methyl sites for hydroxylation is 1. The molecule has 0 aliphatic heterocycles. The van der Waals surface area contributed by atoms with Crippen LogP contribution in [0.25, 0.3) is 0 Å². The molecule has 0 aliphatic rings. The maximum absolute atomic E-state index is 5.55. The molecule has 2 heterocycles. The summed E-state index contributed by atoms with van der Waals surface area (Å²) in [7, 11) is 0. The van der Waals surface area contributed by atoms with E-state index < -0.39 is 0 Å². The summed E-state index contributed by atoms with van der Waals surface area (Å²) in [5.74, 6) is 0. The van der Waals surface area contributed by atoms with Crippen molar-refractivity contribution in [2.24, 2.45) is 0 Å². The second-order valence-corrected chi connectivity index (χ2v) is 5.80. The van der Waals surface area contributed by atoms with Crippen LogP contribution in [0.4, 0.5) is 5.13 Å². The number of thiazole rings is 1. The number of nitrogen functional groups attached to an aromatic ring is 1. The van der Waals surface area contributed by atoms with E-state index >= 15 is 0 Å². The molecule has 0 aromatic carbocycles. The Balaban J connectivity index is 0.00000128. The van der Waals surface area contributed by atoms with E-state index in [1.165, 1.54) is 26.0 Å². The molecule has 3 N–H and O–H groups in total. The van der Waals surface area contributed by atoms with E-state index in [2.05, 4.69) is 29.4 Å². The van der Waals surface area contributed by atoms with E-state index in [-0.39, 0.29) is 12.4 Å². The topological polar surface area (TPSA) is 50.9 Å². The van der Waals surface area contributed by atoms with Crippen LogP contribution in [0.5, 0.6) is 0 Å². The third kappa shape index (κ3) is 3.75. The Morgan fingerprint density at radius 3 is 2.56 bits per heavy atom. The molecule has 0 aliphatic carbocycles. The maximum Gasteiger partial charge on any atom is 0.180 e. The maximum atomic E-state index is 5.55. The zero-order chi connectivity index (χ0) is 10.7. The van der Waals surface area contributed by atoms with Gasteiger partial charge in [-0.1, -0.05) is 0 Å². The number of halogens is 1. The standard InChI is InChI=1S/C10H13N3S2.ClH/c1-7-2-3-8(14-7)4-12-5-9-6-13-10(11)15-9;/h2-3,6,12H,4-5H2,1H3,(H2,11,13);1H. The molecule has 0 saturated carbocycles. The second-order valence-electron chi connectivity index (χ2n) is 3.28. The van der Waals surface area contributed by atoms with Gasteiger partial charge in [-0.25, -0.2) is 4.98 Å². The van der Waals surface area contributed by atoms with E-state index in [1.54, 1.807) is 0 Å². The zero-order valence-electron chi connectivity index (χ0n) is 8.90. The van der Waals surface area contributed by atoms with E-state index in [0.717, 1.165) is 13.1 Å². The van der Waals surface area contributed by atoms with Crippen LogP contribution in [-0.2, 0) is 13.1 Å². The lowest BCUT2D eigenvalue weighted by molar-refractivity contribution is 0.708. The number of hydrogen-bond donors (Lipinski definition) is 2. The number of rotatable bonds is 4. The molecule has 6 heteroatoms. The summed E-state index contributed by atoms with van der Waals surface area (Å²) >= 11 is 3.36. The van der Waals surface area contributed by atoms with Crippen molar-refractivity contribution in [1.29, 1.82) is 0 Å². The Morgan fingerprint density at radius 1 is 1.25 bits per heavy atom. The lowest BCUT2D eigenvalue weighted by Crippen LogP contribution is -2.10. The minimum Gasteiger partial charge on any atom is -0.375 e. The predicted octanol–water partition coefficient (Wildman–Crippen LogP) is 2.81. The van der Waals surface area contributed by atoms with E-state index in [1.807, 2.05) is 17.5 Å². The van der Waals surface area contributed by atoms with Crippen molar-refractivity contribution in [3.05, 3.63) is 33.0 Å². The van der Waals surface area contributed by atoms with Gasteiger partial charge in [0.1, 0.15) is 0 Å². The first-order valence-electron chi connectivity index (χ1n) is 4.70. The minimum absolute atomic E-state index is 0. The average Bonchev–Trinajstić information content (AvgIpc) is 2.76. The Hall–Kier alpha value is -0.620. The molecule has 2 aromatic rings. The van der Waals surface area contributed by atoms with Crippen molar-refractivity contribution < 1.29 is 0 Å². The Kier molecular flexibility index (Phi) is 5.21. The van der Waals surface area contributed by atoms with Crippen LogP contribution in [0.1, 0.15) is 14.6 Å². The Morgan fingerprint density at radius 2 is 2.00 bits per heavy atom. The first-order valence-corrected chi connectivity index (χ1v) is 6.33. The number of nitrogens with one attached hydrogen (secondary N) is 1. The lowest BCUT2D eigenvalue weighted by Gasteiger charge is -1.99. The molecule has 0 fully saturated rings. The van der Waals surface area contributed by atoms with Crippen LogP contribution < -0.4 is 11.1 Å². The van der Waals surface area contributed by atoms with Crippen LogP contribution in [0.15, 0.2) is 18.3 Å². The van der Waals surface area contributed by atoms with Gasteiger partial charge >= 0.3 is 0 Å². The van der Waals surface area contributed by atoms with Crippen LogP contribution in [0.3, 0.4) is 0 Å². The third-order valence-corrected chi connectivity index (χ3v) is 3.79. The second kappa shape index (κ2) is 6.20. The average molecular weight is 276 g/mol. The molecule has 0 bridgehead atoms. The van der Waals surface area contributed by atoms with E-state index in [4.69, 9.17) is 5.73 Å². The first-order chi connectivity index (χ1) is 7.24. The molecule has 0 amide bonds. The molecular weight excluding hydrogens is 262 g/mol. The highest BCUT2D eigenvalue weighted by atomic mass is 35.5. The van der Waals surface area contributed by atoms with Crippen molar-refractivity contribution in [1.82, 2.24) is 10.3 Å². The van der Waals surface area contributed by atoms with Crippen molar-refractivity contribution in [3.8, 4) is 0 Å². The number of aromatic nitrogens is 1. The normalized spacial score (nSPS) is 10.1. The fraction of sp³-hybridized carbons (Fsp3) is 0.300. The fourth-order valence-electron chi connectivity index (χ4n) is 1.29. The molecule has 2 rings (SSSR count). The van der Waals surface area contributed by atoms with Crippen LogP contribution in [0.2, 0.25) is 0 Å². The van der Waals surface area contributed by atoms with Gasteiger partial charge in [0.15, 0.2) is 5.13 Å². The van der Waals surface area contributed by atoms with Gasteiger partial charge in [-0.05, 0) is 19.1 Å². The highest BCUT2D eigenvalue weighted by Crippen LogP contribution is 2.16. The van der Waals surface area contributed by atoms with Crippen LogP contribution in [0, 0.1) is 6.92 Å². The van der Waals surface area contributed by atoms with Gasteiger partial charge in [0.2, 0.25) is 0 Å². The summed E-state index contributed by atoms with van der Waals surface area (Å²) in [5.41, 5.74) is 5.55. The number of thiophene rings is 1. The van der Waals surface area contributed by atoms with Crippen molar-refractivity contribution in [3.63, 3.8) is 0 Å². The summed E-state index contributed by atoms with van der Waals surface area (Å²) in [4.78, 5) is 7.91. The molecular formula is C10H14ClN3S2. The predicted molar refractivity (Wildman–Crippen MR) is 73.4 cm³/mol. The van der Waals surface area contributed by atoms with Gasteiger partial charge in [0.05, 0.1) is 0 Å². The Bertz CT molecular complexity index is 398. The summed E-state index contributed by atoms with van der Waals surface area (Å²) in [6, 6.07) is 4.31. The summed E-state index contributed by atoms with van der Waals surface area (Å²) in [6.07, 6.45) is 1.83. The van der Waals surface area contributed by atoms with Gasteiger partial charge in [-0.15, -0.1) is 35.1 Å². The summed E-state index contributed by atoms with van der Waals surface area (Å²) in [5, 5.41) is 4.01. The van der Waals surface area contributed by atoms with E-state index in [0.29, 0.717) is 5.13 Å². The molecule has 88 valence electrons. The number of nitrogens with two attached hydrogens (primary N) is 1. The molecule has 3 nitrogen and oxygen atoms in total. The first kappa shape index (κ1) is 13.4. The molecule has 0 spiro atoms. The van der Waals surface area contributed by atoms with Gasteiger partial charge < -0.3 is 11.1 Å². The van der Waals surface area contributed by atoms with Gasteiger partial charge in [0.25, 0.3) is 0 Å². The van der Waals surface area contributed by atoms with Gasteiger partial charge in [-0.3, -0.25) is 0 Å². The summed E-state index contributed by atoms with van der Waals surface area (Å²) < 4.78 is 0. The number of anilines is 1. The van der Waals surface area contributed by atoms with Crippen LogP contribution in [-0.4, -0.2) is 4.98 Å². The molecule has 0 saturated heterocycles. The molecule has 0 atom stereocenters. The quantitative estimate of drug-likeness (QED) is 0.902. The Labute approximate surface area is 109 Å². The molecule has 16 heavy (non-hydrogen) atoms. The highest BCUT2D eigenvalue weighted by molar-refractivity contribution is 7.15. The third-order valence-electron chi connectivity index (χ3n) is 1.97. The van der Waals surface area contributed by atoms with E-state index in [9.17, 15) is 0 Å². The van der Waals surface area contributed by atoms with Crippen LogP contribution >= 0.6 is 35.1 Å². The number of hydrogen-bond acceptors (Lipinski definition) is 5. The van der Waals surface area contributed by atoms with Crippen molar-refractivity contribution in [2.75, 3.05) is 5.73 Å².